The third-order valence-corrected chi connectivity index (χ3v) is 3.51. The van der Waals surface area contributed by atoms with Crippen molar-refractivity contribution in [2.75, 3.05) is 12.4 Å². The van der Waals surface area contributed by atoms with E-state index in [0.29, 0.717) is 5.75 Å². The van der Waals surface area contributed by atoms with Crippen molar-refractivity contribution in [1.29, 1.82) is 5.41 Å². The van der Waals surface area contributed by atoms with E-state index in [2.05, 4.69) is 5.32 Å². The molecule has 6 heteroatoms. The predicted octanol–water partition coefficient (Wildman–Crippen LogP) is -0.284. The molecule has 2 aliphatic rings. The van der Waals surface area contributed by atoms with Gasteiger partial charge in [-0.1, -0.05) is 6.08 Å². The monoisotopic (exact) mass is 228 g/mol. The number of amidine groups is 1. The molecule has 0 saturated carbocycles. The molecule has 5 nitrogen and oxygen atoms in total. The molecule has 0 radical (unpaired) electrons. The van der Waals surface area contributed by atoms with Gasteiger partial charge in [0, 0.05) is 5.75 Å². The van der Waals surface area contributed by atoms with Gasteiger partial charge in [0.25, 0.3) is 0 Å². The molecule has 1 amide bonds. The molecule has 0 aliphatic carbocycles. The summed E-state index contributed by atoms with van der Waals surface area (Å²) in [4.78, 5) is 11.5. The fourth-order valence-electron chi connectivity index (χ4n) is 1.60. The highest BCUT2D eigenvalue weighted by atomic mass is 32.2. The van der Waals surface area contributed by atoms with Crippen LogP contribution in [0.15, 0.2) is 12.2 Å². The third-order valence-electron chi connectivity index (χ3n) is 2.35. The summed E-state index contributed by atoms with van der Waals surface area (Å²) in [6.07, 6.45) is 3.05. The van der Waals surface area contributed by atoms with E-state index in [9.17, 15) is 4.79 Å². The maximum atomic E-state index is 11.5. The lowest BCUT2D eigenvalue weighted by Crippen LogP contribution is -2.43. The van der Waals surface area contributed by atoms with Crippen LogP contribution in [0.4, 0.5) is 0 Å². The van der Waals surface area contributed by atoms with Crippen molar-refractivity contribution >= 4 is 23.5 Å². The number of carbonyl (C=O) groups excluding carboxylic acids is 1. The van der Waals surface area contributed by atoms with Crippen LogP contribution in [0.5, 0.6) is 0 Å². The van der Waals surface area contributed by atoms with Crippen molar-refractivity contribution in [1.82, 2.24) is 5.32 Å². The van der Waals surface area contributed by atoms with Gasteiger partial charge >= 0.3 is 0 Å². The van der Waals surface area contributed by atoms with Crippen LogP contribution in [-0.2, 0) is 9.53 Å². The minimum absolute atomic E-state index is 0.0327. The Morgan fingerprint density at radius 3 is 3.13 bits per heavy atom. The molecule has 0 bridgehead atoms. The molecule has 0 aromatic heterocycles. The van der Waals surface area contributed by atoms with Gasteiger partial charge in [-0.2, -0.15) is 0 Å². The first-order valence-electron chi connectivity index (χ1n) is 4.66. The van der Waals surface area contributed by atoms with Crippen LogP contribution < -0.4 is 5.32 Å². The molecule has 0 aromatic carbocycles. The van der Waals surface area contributed by atoms with Crippen molar-refractivity contribution in [3.8, 4) is 0 Å². The van der Waals surface area contributed by atoms with Gasteiger partial charge in [-0.15, -0.1) is 11.8 Å². The Hall–Kier alpha value is -0.850. The quantitative estimate of drug-likeness (QED) is 0.607. The van der Waals surface area contributed by atoms with Gasteiger partial charge < -0.3 is 15.2 Å². The van der Waals surface area contributed by atoms with Gasteiger partial charge in [-0.25, -0.2) is 0 Å². The van der Waals surface area contributed by atoms with Crippen LogP contribution in [0.2, 0.25) is 0 Å². The molecule has 2 rings (SSSR count). The number of amides is 1. The standard InChI is InChI=1S/C9H12N2O3S/c10-7-2-1-5(9(13)11-7)6-4-15-8(3-12)14-6/h1-2,5-6,8,12H,3-4H2,(H2,10,11,13)/t5?,6-,8+/m0/s1. The predicted molar refractivity (Wildman–Crippen MR) is 56.7 cm³/mol. The number of aliphatic hydroxyl groups excluding tert-OH is 1. The summed E-state index contributed by atoms with van der Waals surface area (Å²) >= 11 is 1.51. The average molecular weight is 228 g/mol. The normalized spacial score (nSPS) is 35.7. The average Bonchev–Trinajstić information content (AvgIpc) is 2.66. The Morgan fingerprint density at radius 2 is 2.53 bits per heavy atom. The van der Waals surface area contributed by atoms with Crippen LogP contribution in [-0.4, -0.2) is 40.7 Å². The Balaban J connectivity index is 2.02. The smallest absolute Gasteiger partial charge is 0.235 e. The van der Waals surface area contributed by atoms with E-state index in [1.165, 1.54) is 11.8 Å². The fourth-order valence-corrected chi connectivity index (χ4v) is 2.61. The first-order chi connectivity index (χ1) is 7.20. The van der Waals surface area contributed by atoms with Crippen LogP contribution in [0, 0.1) is 11.3 Å². The second-order valence-corrected chi connectivity index (χ2v) is 4.60. The second kappa shape index (κ2) is 4.34. The maximum absolute atomic E-state index is 11.5. The lowest BCUT2D eigenvalue weighted by Gasteiger charge is -2.22. The number of thioether (sulfide) groups is 1. The highest BCUT2D eigenvalue weighted by Crippen LogP contribution is 2.30. The lowest BCUT2D eigenvalue weighted by atomic mass is 9.99. The van der Waals surface area contributed by atoms with Crippen LogP contribution in [0.3, 0.4) is 0 Å². The van der Waals surface area contributed by atoms with E-state index < -0.39 is 0 Å². The third kappa shape index (κ3) is 2.22. The van der Waals surface area contributed by atoms with Gasteiger partial charge in [0.1, 0.15) is 11.3 Å². The molecule has 0 spiro atoms. The maximum Gasteiger partial charge on any atom is 0.235 e. The molecule has 1 saturated heterocycles. The molecule has 3 N–H and O–H groups in total. The molecular formula is C9H12N2O3S. The van der Waals surface area contributed by atoms with Crippen molar-refractivity contribution in [3.05, 3.63) is 12.2 Å². The van der Waals surface area contributed by atoms with Crippen LogP contribution in [0.1, 0.15) is 0 Å². The Labute approximate surface area is 91.4 Å². The minimum atomic E-state index is -0.344. The zero-order valence-corrected chi connectivity index (χ0v) is 8.79. The number of ether oxygens (including phenoxy) is 1. The number of nitrogens with one attached hydrogen (secondary N) is 2. The number of rotatable bonds is 2. The summed E-state index contributed by atoms with van der Waals surface area (Å²) in [6, 6.07) is 0. The van der Waals surface area contributed by atoms with Crippen LogP contribution >= 0.6 is 11.8 Å². The zero-order chi connectivity index (χ0) is 10.8. The van der Waals surface area contributed by atoms with Gasteiger partial charge in [0.2, 0.25) is 5.91 Å². The number of aliphatic hydroxyl groups is 1. The number of hydrogen-bond donors (Lipinski definition) is 3. The highest BCUT2D eigenvalue weighted by Gasteiger charge is 2.36. The summed E-state index contributed by atoms with van der Waals surface area (Å²) in [5, 5.41) is 18.6. The molecular weight excluding hydrogens is 216 g/mol. The van der Waals surface area contributed by atoms with Crippen molar-refractivity contribution in [2.24, 2.45) is 5.92 Å². The molecule has 2 aliphatic heterocycles. The summed E-state index contributed by atoms with van der Waals surface area (Å²) < 4.78 is 5.49. The molecule has 82 valence electrons. The number of hydrogen-bond acceptors (Lipinski definition) is 5. The van der Waals surface area contributed by atoms with Crippen molar-refractivity contribution in [2.45, 2.75) is 11.5 Å². The molecule has 0 aromatic rings. The SMILES string of the molecule is N=C1C=CC([C@@H]2CS[C@H](CO)O2)C(=O)N1. The van der Waals surface area contributed by atoms with Gasteiger partial charge in [0.05, 0.1) is 18.6 Å². The lowest BCUT2D eigenvalue weighted by molar-refractivity contribution is -0.126. The first kappa shape index (κ1) is 10.7. The Morgan fingerprint density at radius 1 is 1.73 bits per heavy atom. The van der Waals surface area contributed by atoms with E-state index in [4.69, 9.17) is 15.3 Å². The molecule has 15 heavy (non-hydrogen) atoms. The van der Waals surface area contributed by atoms with E-state index in [1.807, 2.05) is 0 Å². The van der Waals surface area contributed by atoms with Crippen molar-refractivity contribution < 1.29 is 14.6 Å². The molecule has 3 atom stereocenters. The van der Waals surface area contributed by atoms with E-state index in [1.54, 1.807) is 12.2 Å². The number of carbonyl (C=O) groups is 1. The fraction of sp³-hybridized carbons (Fsp3) is 0.556. The summed E-state index contributed by atoms with van der Waals surface area (Å²) in [5.74, 6) is 0.261. The van der Waals surface area contributed by atoms with Gasteiger partial charge in [-0.3, -0.25) is 10.2 Å². The largest absolute Gasteiger partial charge is 0.393 e. The molecule has 2 heterocycles. The topological polar surface area (TPSA) is 82.4 Å². The Kier molecular flexibility index (Phi) is 3.08. The summed E-state index contributed by atoms with van der Waals surface area (Å²) in [5.41, 5.74) is -0.224. The van der Waals surface area contributed by atoms with Gasteiger partial charge in [0.15, 0.2) is 0 Å². The second-order valence-electron chi connectivity index (χ2n) is 3.41. The highest BCUT2D eigenvalue weighted by molar-refractivity contribution is 8.00. The van der Waals surface area contributed by atoms with E-state index >= 15 is 0 Å². The zero-order valence-electron chi connectivity index (χ0n) is 7.97. The summed E-state index contributed by atoms with van der Waals surface area (Å²) in [6.45, 7) is -0.0327. The molecule has 1 unspecified atom stereocenters. The first-order valence-corrected chi connectivity index (χ1v) is 5.71. The van der Waals surface area contributed by atoms with E-state index in [-0.39, 0.29) is 35.8 Å². The summed E-state index contributed by atoms with van der Waals surface area (Å²) in [7, 11) is 0. The van der Waals surface area contributed by atoms with Crippen LogP contribution in [0.25, 0.3) is 0 Å². The van der Waals surface area contributed by atoms with E-state index in [0.717, 1.165) is 0 Å². The molecule has 1 fully saturated rings. The van der Waals surface area contributed by atoms with Crippen molar-refractivity contribution in [3.63, 3.8) is 0 Å². The minimum Gasteiger partial charge on any atom is -0.393 e. The Bertz CT molecular complexity index is 318. The van der Waals surface area contributed by atoms with Gasteiger partial charge in [-0.05, 0) is 6.08 Å².